The molecule has 0 heterocycles. The number of nitrogens with two attached hydrogens (primary N) is 1. The molecule has 0 aliphatic heterocycles. The van der Waals surface area contributed by atoms with E-state index in [1.807, 2.05) is 0 Å². The highest BCUT2D eigenvalue weighted by Gasteiger charge is 2.03. The van der Waals surface area contributed by atoms with Gasteiger partial charge in [-0.1, -0.05) is 38.3 Å². The van der Waals surface area contributed by atoms with E-state index < -0.39 is 0 Å². The third-order valence-corrected chi connectivity index (χ3v) is 3.31. The van der Waals surface area contributed by atoms with Gasteiger partial charge in [0.2, 0.25) is 0 Å². The summed E-state index contributed by atoms with van der Waals surface area (Å²) in [7, 11) is 0. The van der Waals surface area contributed by atoms with Gasteiger partial charge in [0.25, 0.3) is 0 Å². The van der Waals surface area contributed by atoms with E-state index in [0.717, 1.165) is 12.8 Å². The van der Waals surface area contributed by atoms with Crippen LogP contribution in [-0.2, 0) is 6.42 Å². The lowest BCUT2D eigenvalue weighted by atomic mass is 10.0. The van der Waals surface area contributed by atoms with Gasteiger partial charge in [0, 0.05) is 9.61 Å². The topological polar surface area (TPSA) is 26.0 Å². The molecule has 0 aliphatic carbocycles. The molecule has 0 aliphatic rings. The van der Waals surface area contributed by atoms with Crippen molar-refractivity contribution in [2.75, 3.05) is 0 Å². The molecule has 84 valence electrons. The van der Waals surface area contributed by atoms with Crippen molar-refractivity contribution < 1.29 is 0 Å². The summed E-state index contributed by atoms with van der Waals surface area (Å²) >= 11 is 2.33. The fourth-order valence-corrected chi connectivity index (χ4v) is 2.04. The van der Waals surface area contributed by atoms with Gasteiger partial charge in [-0.2, -0.15) is 0 Å². The van der Waals surface area contributed by atoms with Crippen LogP contribution in [0.3, 0.4) is 0 Å². The molecule has 0 saturated carbocycles. The van der Waals surface area contributed by atoms with E-state index in [1.165, 1.54) is 28.4 Å². The summed E-state index contributed by atoms with van der Waals surface area (Å²) in [6, 6.07) is 8.99. The minimum absolute atomic E-state index is 0.330. The monoisotopic (exact) mass is 317 g/mol. The standard InChI is InChI=1S/C13H20IN/c1-2-3-4-5-13(15)10-11-6-8-12(14)9-7-11/h6-9,13H,2-5,10,15H2,1H3. The van der Waals surface area contributed by atoms with Crippen molar-refractivity contribution in [2.24, 2.45) is 5.73 Å². The van der Waals surface area contributed by atoms with Crippen molar-refractivity contribution >= 4 is 22.6 Å². The van der Waals surface area contributed by atoms with E-state index in [-0.39, 0.29) is 0 Å². The van der Waals surface area contributed by atoms with E-state index >= 15 is 0 Å². The number of benzene rings is 1. The highest BCUT2D eigenvalue weighted by Crippen LogP contribution is 2.11. The van der Waals surface area contributed by atoms with Crippen molar-refractivity contribution in [2.45, 2.75) is 45.1 Å². The number of hydrogen-bond donors (Lipinski definition) is 1. The Morgan fingerprint density at radius 3 is 2.47 bits per heavy atom. The minimum Gasteiger partial charge on any atom is -0.327 e. The maximum Gasteiger partial charge on any atom is 0.0130 e. The van der Waals surface area contributed by atoms with Gasteiger partial charge >= 0.3 is 0 Å². The third kappa shape index (κ3) is 5.52. The van der Waals surface area contributed by atoms with Crippen LogP contribution in [0.2, 0.25) is 0 Å². The van der Waals surface area contributed by atoms with Crippen molar-refractivity contribution in [1.29, 1.82) is 0 Å². The predicted molar refractivity (Wildman–Crippen MR) is 75.0 cm³/mol. The molecule has 0 spiro atoms. The number of unbranched alkanes of at least 4 members (excludes halogenated alkanes) is 2. The largest absolute Gasteiger partial charge is 0.327 e. The van der Waals surface area contributed by atoms with Crippen LogP contribution in [0.1, 0.15) is 38.2 Å². The lowest BCUT2D eigenvalue weighted by Crippen LogP contribution is -2.22. The van der Waals surface area contributed by atoms with E-state index in [4.69, 9.17) is 5.73 Å². The number of halogens is 1. The Labute approximate surface area is 107 Å². The molecule has 2 N–H and O–H groups in total. The van der Waals surface area contributed by atoms with Gasteiger partial charge in [0.1, 0.15) is 0 Å². The third-order valence-electron chi connectivity index (χ3n) is 2.59. The van der Waals surface area contributed by atoms with Crippen LogP contribution in [0, 0.1) is 3.57 Å². The first kappa shape index (κ1) is 13.0. The van der Waals surface area contributed by atoms with Crippen molar-refractivity contribution in [3.8, 4) is 0 Å². The molecule has 0 aromatic heterocycles. The summed E-state index contributed by atoms with van der Waals surface area (Å²) in [5.41, 5.74) is 7.44. The van der Waals surface area contributed by atoms with Crippen LogP contribution in [-0.4, -0.2) is 6.04 Å². The molecule has 15 heavy (non-hydrogen) atoms. The normalized spacial score (nSPS) is 12.7. The summed E-state index contributed by atoms with van der Waals surface area (Å²) in [6.45, 7) is 2.23. The first-order valence-electron chi connectivity index (χ1n) is 5.72. The molecular formula is C13H20IN. The molecule has 0 bridgehead atoms. The van der Waals surface area contributed by atoms with Gasteiger partial charge in [0.05, 0.1) is 0 Å². The summed E-state index contributed by atoms with van der Waals surface area (Å²) < 4.78 is 1.29. The highest BCUT2D eigenvalue weighted by atomic mass is 127. The smallest absolute Gasteiger partial charge is 0.0130 e. The minimum atomic E-state index is 0.330. The van der Waals surface area contributed by atoms with Crippen LogP contribution < -0.4 is 5.73 Å². The molecule has 1 atom stereocenters. The second-order valence-electron chi connectivity index (χ2n) is 4.09. The fraction of sp³-hybridized carbons (Fsp3) is 0.538. The molecular weight excluding hydrogens is 297 g/mol. The Balaban J connectivity index is 2.31. The summed E-state index contributed by atoms with van der Waals surface area (Å²) in [4.78, 5) is 0. The summed E-state index contributed by atoms with van der Waals surface area (Å²) in [6.07, 6.45) is 6.01. The van der Waals surface area contributed by atoms with Crippen LogP contribution in [0.25, 0.3) is 0 Å². The van der Waals surface area contributed by atoms with Crippen molar-refractivity contribution in [3.05, 3.63) is 33.4 Å². The maximum atomic E-state index is 6.08. The zero-order chi connectivity index (χ0) is 11.1. The average Bonchev–Trinajstić information content (AvgIpc) is 2.22. The van der Waals surface area contributed by atoms with Gasteiger partial charge in [0.15, 0.2) is 0 Å². The molecule has 0 radical (unpaired) electrons. The second kappa shape index (κ2) is 7.23. The Kier molecular flexibility index (Phi) is 6.25. The average molecular weight is 317 g/mol. The maximum absolute atomic E-state index is 6.08. The molecule has 1 aromatic carbocycles. The lowest BCUT2D eigenvalue weighted by Gasteiger charge is -2.11. The molecule has 1 rings (SSSR count). The predicted octanol–water partition coefficient (Wildman–Crippen LogP) is 3.74. The van der Waals surface area contributed by atoms with E-state index in [2.05, 4.69) is 53.8 Å². The zero-order valence-electron chi connectivity index (χ0n) is 9.38. The molecule has 2 heteroatoms. The first-order valence-corrected chi connectivity index (χ1v) is 6.80. The SMILES string of the molecule is CCCCCC(N)Cc1ccc(I)cc1. The molecule has 0 saturated heterocycles. The van der Waals surface area contributed by atoms with E-state index in [9.17, 15) is 0 Å². The van der Waals surface area contributed by atoms with Gasteiger partial charge < -0.3 is 5.73 Å². The van der Waals surface area contributed by atoms with Gasteiger partial charge in [-0.3, -0.25) is 0 Å². The fourth-order valence-electron chi connectivity index (χ4n) is 1.68. The number of rotatable bonds is 6. The number of hydrogen-bond acceptors (Lipinski definition) is 1. The van der Waals surface area contributed by atoms with Crippen LogP contribution in [0.5, 0.6) is 0 Å². The van der Waals surface area contributed by atoms with Gasteiger partial charge in [-0.05, 0) is 53.1 Å². The molecule has 1 nitrogen and oxygen atoms in total. The Morgan fingerprint density at radius 2 is 1.87 bits per heavy atom. The molecule has 1 aromatic rings. The quantitative estimate of drug-likeness (QED) is 0.628. The highest BCUT2D eigenvalue weighted by molar-refractivity contribution is 14.1. The van der Waals surface area contributed by atoms with Crippen LogP contribution >= 0.6 is 22.6 Å². The Bertz CT molecular complexity index is 268. The van der Waals surface area contributed by atoms with Gasteiger partial charge in [-0.15, -0.1) is 0 Å². The lowest BCUT2D eigenvalue weighted by molar-refractivity contribution is 0.557. The van der Waals surface area contributed by atoms with Crippen molar-refractivity contribution in [1.82, 2.24) is 0 Å². The van der Waals surface area contributed by atoms with Crippen LogP contribution in [0.15, 0.2) is 24.3 Å². The Hall–Kier alpha value is -0.0900. The first-order chi connectivity index (χ1) is 7.22. The van der Waals surface area contributed by atoms with Gasteiger partial charge in [-0.25, -0.2) is 0 Å². The Morgan fingerprint density at radius 1 is 1.20 bits per heavy atom. The molecule has 0 amide bonds. The summed E-state index contributed by atoms with van der Waals surface area (Å²) in [5, 5.41) is 0. The zero-order valence-corrected chi connectivity index (χ0v) is 11.5. The van der Waals surface area contributed by atoms with E-state index in [1.54, 1.807) is 0 Å². The molecule has 1 unspecified atom stereocenters. The summed E-state index contributed by atoms with van der Waals surface area (Å²) in [5.74, 6) is 0. The van der Waals surface area contributed by atoms with E-state index in [0.29, 0.717) is 6.04 Å². The van der Waals surface area contributed by atoms with Crippen LogP contribution in [0.4, 0.5) is 0 Å². The second-order valence-corrected chi connectivity index (χ2v) is 5.33. The molecule has 0 fully saturated rings. The van der Waals surface area contributed by atoms with Crippen molar-refractivity contribution in [3.63, 3.8) is 0 Å².